The maximum Gasteiger partial charge on any atom is 0.260 e. The van der Waals surface area contributed by atoms with Gasteiger partial charge in [-0.05, 0) is 31.0 Å². The highest BCUT2D eigenvalue weighted by atomic mass is 16.1. The summed E-state index contributed by atoms with van der Waals surface area (Å²) in [5.74, 6) is 0.315. The molecular weight excluding hydrogens is 304 g/mol. The van der Waals surface area contributed by atoms with E-state index in [0.29, 0.717) is 29.7 Å². The molecule has 6 nitrogen and oxygen atoms in total. The number of fused-ring (bicyclic) bond motifs is 1. The third kappa shape index (κ3) is 3.84. The van der Waals surface area contributed by atoms with Gasteiger partial charge < -0.3 is 10.3 Å². The molecule has 3 rings (SSSR count). The Morgan fingerprint density at radius 3 is 2.96 bits per heavy atom. The predicted molar refractivity (Wildman–Crippen MR) is 91.5 cm³/mol. The Balaban J connectivity index is 1.59. The summed E-state index contributed by atoms with van der Waals surface area (Å²) >= 11 is 0. The van der Waals surface area contributed by atoms with E-state index in [0.717, 1.165) is 5.56 Å². The zero-order valence-electron chi connectivity index (χ0n) is 13.4. The van der Waals surface area contributed by atoms with Crippen LogP contribution in [-0.4, -0.2) is 20.9 Å². The molecule has 0 atom stereocenters. The van der Waals surface area contributed by atoms with Gasteiger partial charge in [0, 0.05) is 12.6 Å². The molecule has 0 radical (unpaired) electrons. The zero-order valence-corrected chi connectivity index (χ0v) is 13.4. The van der Waals surface area contributed by atoms with Crippen molar-refractivity contribution in [3.05, 3.63) is 69.9 Å². The van der Waals surface area contributed by atoms with Crippen molar-refractivity contribution < 1.29 is 4.79 Å². The van der Waals surface area contributed by atoms with Crippen LogP contribution in [0.25, 0.3) is 11.0 Å². The lowest BCUT2D eigenvalue weighted by Crippen LogP contribution is -2.26. The van der Waals surface area contributed by atoms with E-state index in [-0.39, 0.29) is 18.0 Å². The summed E-state index contributed by atoms with van der Waals surface area (Å²) in [5.41, 5.74) is 2.44. The van der Waals surface area contributed by atoms with Crippen LogP contribution in [0.5, 0.6) is 0 Å². The van der Waals surface area contributed by atoms with Gasteiger partial charge in [0.2, 0.25) is 5.91 Å². The third-order valence-corrected chi connectivity index (χ3v) is 3.71. The Morgan fingerprint density at radius 2 is 2.12 bits per heavy atom. The summed E-state index contributed by atoms with van der Waals surface area (Å²) < 4.78 is 0. The van der Waals surface area contributed by atoms with Gasteiger partial charge in [-0.2, -0.15) is 0 Å². The number of H-pyrrole nitrogens is 1. The predicted octanol–water partition coefficient (Wildman–Crippen LogP) is 1.88. The molecule has 0 aliphatic heterocycles. The minimum atomic E-state index is -0.253. The van der Waals surface area contributed by atoms with Crippen molar-refractivity contribution in [3.63, 3.8) is 0 Å². The Bertz CT molecular complexity index is 933. The first-order chi connectivity index (χ1) is 11.6. The third-order valence-electron chi connectivity index (χ3n) is 3.71. The van der Waals surface area contributed by atoms with Gasteiger partial charge in [0.15, 0.2) is 5.65 Å². The SMILES string of the molecule is Cc1cccc(CCC(=O)NCc2nc3ncccc3c(=O)[nH]2)c1. The van der Waals surface area contributed by atoms with E-state index in [1.54, 1.807) is 18.3 Å². The molecule has 0 unspecified atom stereocenters. The highest BCUT2D eigenvalue weighted by molar-refractivity contribution is 5.76. The molecule has 0 aliphatic carbocycles. The van der Waals surface area contributed by atoms with Crippen LogP contribution >= 0.6 is 0 Å². The fourth-order valence-corrected chi connectivity index (χ4v) is 2.50. The summed E-state index contributed by atoms with van der Waals surface area (Å²) in [7, 11) is 0. The van der Waals surface area contributed by atoms with Crippen molar-refractivity contribution in [1.29, 1.82) is 0 Å². The Kier molecular flexibility index (Phi) is 4.65. The van der Waals surface area contributed by atoms with E-state index in [1.165, 1.54) is 5.56 Å². The molecule has 2 N–H and O–H groups in total. The highest BCUT2D eigenvalue weighted by Crippen LogP contribution is 2.06. The fourth-order valence-electron chi connectivity index (χ4n) is 2.50. The second kappa shape index (κ2) is 7.04. The van der Waals surface area contributed by atoms with Crippen molar-refractivity contribution >= 4 is 16.9 Å². The average molecular weight is 322 g/mol. The minimum absolute atomic E-state index is 0.0831. The first-order valence-electron chi connectivity index (χ1n) is 7.78. The number of hydrogen-bond acceptors (Lipinski definition) is 4. The van der Waals surface area contributed by atoms with Crippen molar-refractivity contribution in [2.45, 2.75) is 26.3 Å². The van der Waals surface area contributed by atoms with Crippen LogP contribution in [0, 0.1) is 6.92 Å². The monoisotopic (exact) mass is 322 g/mol. The van der Waals surface area contributed by atoms with E-state index in [2.05, 4.69) is 26.3 Å². The largest absolute Gasteiger partial charge is 0.349 e. The van der Waals surface area contributed by atoms with E-state index < -0.39 is 0 Å². The van der Waals surface area contributed by atoms with Crippen molar-refractivity contribution in [2.24, 2.45) is 0 Å². The zero-order chi connectivity index (χ0) is 16.9. The standard InChI is InChI=1S/C18H18N4O2/c1-12-4-2-5-13(10-12)7-8-16(23)20-11-15-21-17-14(18(24)22-15)6-3-9-19-17/h2-6,9-10H,7-8,11H2,1H3,(H,20,23)(H,19,21,22,24). The number of aromatic nitrogens is 3. The van der Waals surface area contributed by atoms with Crippen LogP contribution in [0.4, 0.5) is 0 Å². The summed E-state index contributed by atoms with van der Waals surface area (Å²) in [4.78, 5) is 34.9. The number of aromatic amines is 1. The maximum absolute atomic E-state index is 12.0. The number of carbonyl (C=O) groups excluding carboxylic acids is 1. The number of benzene rings is 1. The average Bonchev–Trinajstić information content (AvgIpc) is 2.58. The number of amides is 1. The number of nitrogens with zero attached hydrogens (tertiary/aromatic N) is 2. The van der Waals surface area contributed by atoms with Gasteiger partial charge >= 0.3 is 0 Å². The fraction of sp³-hybridized carbons (Fsp3) is 0.222. The van der Waals surface area contributed by atoms with Crippen molar-refractivity contribution in [1.82, 2.24) is 20.3 Å². The maximum atomic E-state index is 12.0. The summed E-state index contributed by atoms with van der Waals surface area (Å²) in [6.07, 6.45) is 2.65. The van der Waals surface area contributed by atoms with E-state index in [9.17, 15) is 9.59 Å². The molecule has 1 aromatic carbocycles. The topological polar surface area (TPSA) is 87.7 Å². The van der Waals surface area contributed by atoms with Gasteiger partial charge in [-0.1, -0.05) is 29.8 Å². The molecule has 0 saturated carbocycles. The smallest absolute Gasteiger partial charge is 0.260 e. The van der Waals surface area contributed by atoms with Crippen molar-refractivity contribution in [2.75, 3.05) is 0 Å². The Morgan fingerprint density at radius 1 is 1.25 bits per heavy atom. The summed E-state index contributed by atoms with van der Waals surface area (Å²) in [5, 5.41) is 3.21. The molecule has 2 aromatic heterocycles. The van der Waals surface area contributed by atoms with Crippen LogP contribution in [-0.2, 0) is 17.8 Å². The number of hydrogen-bond donors (Lipinski definition) is 2. The molecule has 122 valence electrons. The van der Waals surface area contributed by atoms with Crippen LogP contribution in [0.3, 0.4) is 0 Å². The van der Waals surface area contributed by atoms with Gasteiger partial charge in [0.05, 0.1) is 11.9 Å². The number of nitrogens with one attached hydrogen (secondary N) is 2. The molecule has 2 heterocycles. The molecule has 6 heteroatoms. The highest BCUT2D eigenvalue weighted by Gasteiger charge is 2.07. The molecule has 1 amide bonds. The number of rotatable bonds is 5. The first kappa shape index (κ1) is 15.9. The van der Waals surface area contributed by atoms with Gasteiger partial charge in [0.1, 0.15) is 5.82 Å². The van der Waals surface area contributed by atoms with Crippen molar-refractivity contribution in [3.8, 4) is 0 Å². The summed E-state index contributed by atoms with van der Waals surface area (Å²) in [6.45, 7) is 2.20. The molecule has 0 fully saturated rings. The van der Waals surface area contributed by atoms with Crippen LogP contribution in [0.15, 0.2) is 47.4 Å². The molecule has 3 aromatic rings. The summed E-state index contributed by atoms with van der Waals surface area (Å²) in [6, 6.07) is 11.4. The lowest BCUT2D eigenvalue weighted by Gasteiger charge is -2.06. The normalized spacial score (nSPS) is 10.7. The number of carbonyl (C=O) groups is 1. The second-order valence-corrected chi connectivity index (χ2v) is 5.65. The van der Waals surface area contributed by atoms with Gasteiger partial charge in [-0.3, -0.25) is 9.59 Å². The molecule has 0 saturated heterocycles. The van der Waals surface area contributed by atoms with Gasteiger partial charge in [0.25, 0.3) is 5.56 Å². The van der Waals surface area contributed by atoms with Crippen LogP contribution in [0.2, 0.25) is 0 Å². The van der Waals surface area contributed by atoms with E-state index >= 15 is 0 Å². The number of pyridine rings is 1. The molecule has 0 aliphatic rings. The molecular formula is C18H18N4O2. The van der Waals surface area contributed by atoms with E-state index in [4.69, 9.17) is 0 Å². The second-order valence-electron chi connectivity index (χ2n) is 5.65. The van der Waals surface area contributed by atoms with Gasteiger partial charge in [-0.25, -0.2) is 9.97 Å². The molecule has 0 bridgehead atoms. The van der Waals surface area contributed by atoms with E-state index in [1.807, 2.05) is 25.1 Å². The first-order valence-corrected chi connectivity index (χ1v) is 7.78. The molecule has 0 spiro atoms. The Hall–Kier alpha value is -3.02. The van der Waals surface area contributed by atoms with Crippen LogP contribution < -0.4 is 10.9 Å². The lowest BCUT2D eigenvalue weighted by molar-refractivity contribution is -0.121. The molecule has 24 heavy (non-hydrogen) atoms. The minimum Gasteiger partial charge on any atom is -0.349 e. The van der Waals surface area contributed by atoms with Gasteiger partial charge in [-0.15, -0.1) is 0 Å². The lowest BCUT2D eigenvalue weighted by atomic mass is 10.1. The quantitative estimate of drug-likeness (QED) is 0.751. The number of aryl methyl sites for hydroxylation is 2. The van der Waals surface area contributed by atoms with Crippen LogP contribution in [0.1, 0.15) is 23.4 Å². The Labute approximate surface area is 139 Å².